The largest absolute Gasteiger partial charge is 0.458 e. The highest BCUT2D eigenvalue weighted by molar-refractivity contribution is 5.89. The normalized spacial score (nSPS) is 49.8. The zero-order valence-corrected chi connectivity index (χ0v) is 27.7. The molecule has 11 heteroatoms. The number of ether oxygens (including phenoxy) is 4. The number of fused-ring (bicyclic) bond motifs is 5. The van der Waals surface area contributed by atoms with Crippen molar-refractivity contribution in [3.8, 4) is 0 Å². The van der Waals surface area contributed by atoms with Gasteiger partial charge in [0, 0.05) is 30.9 Å². The van der Waals surface area contributed by atoms with Gasteiger partial charge in [-0.1, -0.05) is 32.4 Å². The smallest absolute Gasteiger partial charge is 0.334 e. The summed E-state index contributed by atoms with van der Waals surface area (Å²) in [5.41, 5.74) is 1.88. The second-order valence-electron chi connectivity index (χ2n) is 15.5. The molecule has 260 valence electrons. The Labute approximate surface area is 271 Å². The van der Waals surface area contributed by atoms with Crippen LogP contribution in [0.1, 0.15) is 72.6 Å². The zero-order valence-electron chi connectivity index (χ0n) is 27.7. The molecular formula is C35H54O11. The molecule has 0 aromatic rings. The lowest BCUT2D eigenvalue weighted by molar-refractivity contribution is -0.315. The van der Waals surface area contributed by atoms with Gasteiger partial charge in [0.15, 0.2) is 6.29 Å². The fourth-order valence-corrected chi connectivity index (χ4v) is 10.8. The standard InChI is InChI=1S/C35H54O11/c1-16-18(14-36)10-24(45-32(16)42)17(2)21-6-7-22-28-23(8-9-34(21,22)3)35(4)19(12-25(28)43-5)11-20(13-27(35)38)44-33-31(41)30(40)29(39)26(15-37)46-33/h12,17,20-31,33,36-41H,6-11,13-15H2,1-5H3/t17-,20+,21+,22-,23-,24+,25+,26+,27-,28-,29+,30-,31+,33+,34+,35-/m0/s1. The molecular weight excluding hydrogens is 596 g/mol. The van der Waals surface area contributed by atoms with Gasteiger partial charge in [0.2, 0.25) is 0 Å². The van der Waals surface area contributed by atoms with Gasteiger partial charge < -0.3 is 49.6 Å². The third kappa shape index (κ3) is 5.33. The van der Waals surface area contributed by atoms with Crippen molar-refractivity contribution in [1.29, 1.82) is 0 Å². The first-order chi connectivity index (χ1) is 21.8. The maximum Gasteiger partial charge on any atom is 0.334 e. The number of hydrogen-bond donors (Lipinski definition) is 6. The first-order valence-electron chi connectivity index (χ1n) is 17.2. The molecule has 0 amide bonds. The van der Waals surface area contributed by atoms with Gasteiger partial charge in [-0.25, -0.2) is 4.79 Å². The summed E-state index contributed by atoms with van der Waals surface area (Å²) < 4.78 is 23.9. The molecule has 2 heterocycles. The molecule has 3 saturated carbocycles. The lowest BCUT2D eigenvalue weighted by atomic mass is 9.45. The van der Waals surface area contributed by atoms with Crippen molar-refractivity contribution in [1.82, 2.24) is 0 Å². The van der Waals surface area contributed by atoms with Crippen molar-refractivity contribution in [3.05, 3.63) is 22.8 Å². The highest BCUT2D eigenvalue weighted by Gasteiger charge is 2.64. The van der Waals surface area contributed by atoms with Crippen LogP contribution in [0.15, 0.2) is 22.8 Å². The van der Waals surface area contributed by atoms with E-state index in [0.717, 1.165) is 36.8 Å². The fourth-order valence-electron chi connectivity index (χ4n) is 10.8. The maximum atomic E-state index is 12.6. The Morgan fingerprint density at radius 3 is 2.43 bits per heavy atom. The Balaban J connectivity index is 1.22. The summed E-state index contributed by atoms with van der Waals surface area (Å²) in [5, 5.41) is 62.4. The van der Waals surface area contributed by atoms with Crippen LogP contribution in [0.5, 0.6) is 0 Å². The van der Waals surface area contributed by atoms with Crippen molar-refractivity contribution in [3.63, 3.8) is 0 Å². The summed E-state index contributed by atoms with van der Waals surface area (Å²) in [6.07, 6.45) is -0.893. The quantitative estimate of drug-likeness (QED) is 0.174. The van der Waals surface area contributed by atoms with Gasteiger partial charge in [0.25, 0.3) is 0 Å². The van der Waals surface area contributed by atoms with E-state index in [-0.39, 0.29) is 48.0 Å². The zero-order chi connectivity index (χ0) is 33.3. The predicted octanol–water partition coefficient (Wildman–Crippen LogP) is 1.61. The molecule has 6 aliphatic rings. The van der Waals surface area contributed by atoms with E-state index in [2.05, 4.69) is 26.8 Å². The molecule has 2 aliphatic heterocycles. The van der Waals surface area contributed by atoms with E-state index in [0.29, 0.717) is 36.7 Å². The highest BCUT2D eigenvalue weighted by Crippen LogP contribution is 2.68. The van der Waals surface area contributed by atoms with Gasteiger partial charge in [0.05, 0.1) is 31.5 Å². The molecule has 0 aromatic heterocycles. The summed E-state index contributed by atoms with van der Waals surface area (Å²) in [4.78, 5) is 12.6. The topological polar surface area (TPSA) is 175 Å². The second kappa shape index (κ2) is 12.8. The average Bonchev–Trinajstić information content (AvgIpc) is 3.39. The number of esters is 1. The van der Waals surface area contributed by atoms with Crippen LogP contribution < -0.4 is 0 Å². The van der Waals surface area contributed by atoms with Crippen molar-refractivity contribution < 1.29 is 54.4 Å². The van der Waals surface area contributed by atoms with Gasteiger partial charge in [-0.3, -0.25) is 0 Å². The van der Waals surface area contributed by atoms with E-state index in [4.69, 9.17) is 18.9 Å². The summed E-state index contributed by atoms with van der Waals surface area (Å²) in [7, 11) is 1.75. The van der Waals surface area contributed by atoms with E-state index in [1.165, 1.54) is 0 Å². The van der Waals surface area contributed by atoms with Crippen LogP contribution in [0.25, 0.3) is 0 Å². The van der Waals surface area contributed by atoms with Crippen LogP contribution in [0.3, 0.4) is 0 Å². The fraction of sp³-hybridized carbons (Fsp3) is 0.857. The molecule has 0 unspecified atom stereocenters. The van der Waals surface area contributed by atoms with Crippen molar-refractivity contribution in [2.45, 2.75) is 128 Å². The Morgan fingerprint density at radius 1 is 1.02 bits per heavy atom. The summed E-state index contributed by atoms with van der Waals surface area (Å²) in [5.74, 6) is 0.911. The summed E-state index contributed by atoms with van der Waals surface area (Å²) >= 11 is 0. The molecule has 11 nitrogen and oxygen atoms in total. The number of hydrogen-bond acceptors (Lipinski definition) is 11. The molecule has 46 heavy (non-hydrogen) atoms. The lowest BCUT2D eigenvalue weighted by Crippen LogP contribution is -2.61. The van der Waals surface area contributed by atoms with Crippen LogP contribution in [-0.2, 0) is 23.7 Å². The van der Waals surface area contributed by atoms with Crippen LogP contribution in [0.4, 0.5) is 0 Å². The van der Waals surface area contributed by atoms with Gasteiger partial charge in [0.1, 0.15) is 30.5 Å². The number of rotatable bonds is 7. The van der Waals surface area contributed by atoms with Gasteiger partial charge >= 0.3 is 5.97 Å². The number of methoxy groups -OCH3 is 1. The molecule has 6 N–H and O–H groups in total. The predicted molar refractivity (Wildman–Crippen MR) is 165 cm³/mol. The first-order valence-corrected chi connectivity index (χ1v) is 17.2. The lowest BCUT2D eigenvalue weighted by Gasteiger charge is -2.61. The number of cyclic esters (lactones) is 1. The van der Waals surface area contributed by atoms with Crippen LogP contribution in [-0.4, -0.2) is 112 Å². The highest BCUT2D eigenvalue weighted by atomic mass is 16.7. The molecule has 4 aliphatic carbocycles. The molecule has 6 rings (SSSR count). The van der Waals surface area contributed by atoms with Crippen LogP contribution in [0.2, 0.25) is 0 Å². The molecule has 0 aromatic carbocycles. The third-order valence-corrected chi connectivity index (χ3v) is 13.6. The number of aliphatic hydroxyl groups is 6. The van der Waals surface area contributed by atoms with E-state index < -0.39 is 54.9 Å². The number of carbonyl (C=O) groups is 1. The minimum Gasteiger partial charge on any atom is -0.458 e. The molecule has 1 saturated heterocycles. The Bertz CT molecular complexity index is 1220. The maximum absolute atomic E-state index is 12.6. The van der Waals surface area contributed by atoms with Gasteiger partial charge in [-0.2, -0.15) is 0 Å². The molecule has 0 radical (unpaired) electrons. The Kier molecular flexibility index (Phi) is 9.59. The third-order valence-electron chi connectivity index (χ3n) is 13.6. The minimum absolute atomic E-state index is 0.00936. The molecule has 4 fully saturated rings. The summed E-state index contributed by atoms with van der Waals surface area (Å²) in [6.45, 7) is 7.83. The monoisotopic (exact) mass is 650 g/mol. The van der Waals surface area contributed by atoms with Crippen molar-refractivity contribution in [2.24, 2.45) is 40.4 Å². The molecule has 16 atom stereocenters. The second-order valence-corrected chi connectivity index (χ2v) is 15.5. The Morgan fingerprint density at radius 2 is 1.76 bits per heavy atom. The molecule has 0 spiro atoms. The van der Waals surface area contributed by atoms with E-state index in [1.54, 1.807) is 14.0 Å². The van der Waals surface area contributed by atoms with Gasteiger partial charge in [-0.05, 0) is 79.6 Å². The number of aliphatic hydroxyl groups excluding tert-OH is 6. The van der Waals surface area contributed by atoms with Crippen LogP contribution in [0, 0.1) is 40.4 Å². The Hall–Kier alpha value is -1.41. The van der Waals surface area contributed by atoms with E-state index >= 15 is 0 Å². The first kappa shape index (κ1) is 34.5. The van der Waals surface area contributed by atoms with Crippen molar-refractivity contribution in [2.75, 3.05) is 20.3 Å². The number of carbonyl (C=O) groups excluding carboxylic acids is 1. The average molecular weight is 651 g/mol. The SMILES string of the molecule is CO[C@@H]1C=C2C[C@@H](O[C@@H]3O[C@H](CO)[C@@H](O)[C@H](O)[C@H]3O)C[C@H](O)[C@]2(C)[C@H]2CC[C@]3(C)[C@@H]([C@H](C)[C@H]4CC(CO)=C(C)C(=O)O4)CC[C@H]3[C@H]12. The summed E-state index contributed by atoms with van der Waals surface area (Å²) in [6, 6.07) is 0. The van der Waals surface area contributed by atoms with E-state index in [9.17, 15) is 35.4 Å². The van der Waals surface area contributed by atoms with E-state index in [1.807, 2.05) is 0 Å². The van der Waals surface area contributed by atoms with Crippen LogP contribution >= 0.6 is 0 Å². The van der Waals surface area contributed by atoms with Crippen molar-refractivity contribution >= 4 is 5.97 Å². The molecule has 0 bridgehead atoms. The van der Waals surface area contributed by atoms with Gasteiger partial charge in [-0.15, -0.1) is 0 Å². The minimum atomic E-state index is -1.53.